The van der Waals surface area contributed by atoms with Crippen molar-refractivity contribution in [3.63, 3.8) is 0 Å². The number of carbonyl (C=O) groups is 1. The van der Waals surface area contributed by atoms with E-state index in [9.17, 15) is 9.18 Å². The Morgan fingerprint density at radius 2 is 2.15 bits per heavy atom. The molecule has 26 heavy (non-hydrogen) atoms. The lowest BCUT2D eigenvalue weighted by atomic mass is 9.77. The number of fused-ring (bicyclic) bond motifs is 1. The molecule has 2 aromatic rings. The molecule has 0 bridgehead atoms. The van der Waals surface area contributed by atoms with Gasteiger partial charge in [0.15, 0.2) is 5.82 Å². The first kappa shape index (κ1) is 17.0. The number of halogens is 1. The van der Waals surface area contributed by atoms with E-state index < -0.39 is 5.82 Å². The molecule has 1 amide bonds. The number of hydrogen-bond donors (Lipinski definition) is 0. The molecule has 2 aliphatic rings. The SMILES string of the molecule is O=C(c1ccccc1)N1CC[C@H]2OCC[C@@]2(COc2ncccc2F)C1. The summed E-state index contributed by atoms with van der Waals surface area (Å²) < 4.78 is 25.4. The van der Waals surface area contributed by atoms with Gasteiger partial charge in [-0.3, -0.25) is 4.79 Å². The smallest absolute Gasteiger partial charge is 0.253 e. The van der Waals surface area contributed by atoms with E-state index in [1.165, 1.54) is 18.3 Å². The van der Waals surface area contributed by atoms with Gasteiger partial charge in [-0.1, -0.05) is 18.2 Å². The highest BCUT2D eigenvalue weighted by molar-refractivity contribution is 5.94. The van der Waals surface area contributed by atoms with Crippen LogP contribution in [0.15, 0.2) is 48.7 Å². The fourth-order valence-electron chi connectivity index (χ4n) is 3.88. The van der Waals surface area contributed by atoms with E-state index in [0.717, 1.165) is 12.8 Å². The van der Waals surface area contributed by atoms with Gasteiger partial charge in [0.2, 0.25) is 5.88 Å². The Labute approximate surface area is 151 Å². The van der Waals surface area contributed by atoms with E-state index in [2.05, 4.69) is 4.98 Å². The first-order chi connectivity index (χ1) is 12.7. The quantitative estimate of drug-likeness (QED) is 0.845. The first-order valence-corrected chi connectivity index (χ1v) is 8.87. The summed E-state index contributed by atoms with van der Waals surface area (Å²) in [5.74, 6) is -0.467. The Balaban J connectivity index is 1.51. The number of likely N-dealkylation sites (tertiary alicyclic amines) is 1. The maximum Gasteiger partial charge on any atom is 0.253 e. The van der Waals surface area contributed by atoms with Crippen molar-refractivity contribution in [1.82, 2.24) is 9.88 Å². The molecule has 1 aromatic heterocycles. The average Bonchev–Trinajstić information content (AvgIpc) is 3.11. The van der Waals surface area contributed by atoms with Crippen LogP contribution in [0.2, 0.25) is 0 Å². The molecule has 3 heterocycles. The van der Waals surface area contributed by atoms with Gasteiger partial charge < -0.3 is 14.4 Å². The normalized spacial score (nSPS) is 25.0. The molecule has 0 radical (unpaired) electrons. The van der Waals surface area contributed by atoms with Crippen LogP contribution < -0.4 is 4.74 Å². The molecule has 0 unspecified atom stereocenters. The molecular formula is C20H21FN2O3. The molecule has 0 saturated carbocycles. The van der Waals surface area contributed by atoms with Gasteiger partial charge in [-0.05, 0) is 37.1 Å². The maximum absolute atomic E-state index is 13.8. The summed E-state index contributed by atoms with van der Waals surface area (Å²) >= 11 is 0. The second kappa shape index (κ2) is 7.03. The number of nitrogens with zero attached hydrogens (tertiary/aromatic N) is 2. The molecule has 2 aliphatic heterocycles. The molecule has 2 atom stereocenters. The molecule has 4 rings (SSSR count). The van der Waals surface area contributed by atoms with Crippen molar-refractivity contribution in [1.29, 1.82) is 0 Å². The monoisotopic (exact) mass is 356 g/mol. The minimum atomic E-state index is -0.479. The summed E-state index contributed by atoms with van der Waals surface area (Å²) in [5.41, 5.74) is 0.351. The van der Waals surface area contributed by atoms with Crippen LogP contribution in [0.5, 0.6) is 5.88 Å². The van der Waals surface area contributed by atoms with Crippen molar-refractivity contribution < 1.29 is 18.7 Å². The van der Waals surface area contributed by atoms with Crippen LogP contribution in [0.1, 0.15) is 23.2 Å². The minimum Gasteiger partial charge on any atom is -0.475 e. The molecular weight excluding hydrogens is 335 g/mol. The second-order valence-electron chi connectivity index (χ2n) is 6.93. The largest absolute Gasteiger partial charge is 0.475 e. The number of piperidine rings is 1. The number of amides is 1. The van der Waals surface area contributed by atoms with E-state index in [1.54, 1.807) is 0 Å². The number of ether oxygens (including phenoxy) is 2. The van der Waals surface area contributed by atoms with Crippen LogP contribution in [-0.2, 0) is 4.74 Å². The topological polar surface area (TPSA) is 51.7 Å². The summed E-state index contributed by atoms with van der Waals surface area (Å²) in [6.45, 7) is 2.11. The van der Waals surface area contributed by atoms with E-state index in [0.29, 0.717) is 25.3 Å². The van der Waals surface area contributed by atoms with Crippen molar-refractivity contribution >= 4 is 5.91 Å². The number of hydrogen-bond acceptors (Lipinski definition) is 4. The van der Waals surface area contributed by atoms with E-state index in [1.807, 2.05) is 35.2 Å². The molecule has 2 fully saturated rings. The van der Waals surface area contributed by atoms with Gasteiger partial charge in [0.25, 0.3) is 5.91 Å². The summed E-state index contributed by atoms with van der Waals surface area (Å²) in [4.78, 5) is 18.6. The number of aromatic nitrogens is 1. The van der Waals surface area contributed by atoms with Gasteiger partial charge in [0.05, 0.1) is 18.1 Å². The summed E-state index contributed by atoms with van der Waals surface area (Å²) in [6, 6.07) is 12.1. The third kappa shape index (κ3) is 3.17. The molecule has 0 spiro atoms. The Morgan fingerprint density at radius 1 is 1.31 bits per heavy atom. The zero-order valence-electron chi connectivity index (χ0n) is 14.4. The Morgan fingerprint density at radius 3 is 2.96 bits per heavy atom. The lowest BCUT2D eigenvalue weighted by Crippen LogP contribution is -2.54. The standard InChI is InChI=1S/C20H21FN2O3/c21-16-7-4-10-22-18(16)26-14-20-9-12-25-17(20)8-11-23(13-20)19(24)15-5-2-1-3-6-15/h1-7,10,17H,8-9,11-14H2/t17-,20+/m1/s1. The van der Waals surface area contributed by atoms with Gasteiger partial charge in [-0.25, -0.2) is 9.37 Å². The van der Waals surface area contributed by atoms with Crippen LogP contribution in [0.4, 0.5) is 4.39 Å². The van der Waals surface area contributed by atoms with Gasteiger partial charge in [-0.15, -0.1) is 0 Å². The van der Waals surface area contributed by atoms with Crippen molar-refractivity contribution in [2.24, 2.45) is 5.41 Å². The van der Waals surface area contributed by atoms with Crippen molar-refractivity contribution in [2.75, 3.05) is 26.3 Å². The first-order valence-electron chi connectivity index (χ1n) is 8.87. The van der Waals surface area contributed by atoms with Crippen LogP contribution in [0, 0.1) is 11.2 Å². The van der Waals surface area contributed by atoms with Crippen molar-refractivity contribution in [3.8, 4) is 5.88 Å². The Hall–Kier alpha value is -2.47. The third-order valence-corrected chi connectivity index (χ3v) is 5.30. The fraction of sp³-hybridized carbons (Fsp3) is 0.400. The predicted molar refractivity (Wildman–Crippen MR) is 93.4 cm³/mol. The lowest BCUT2D eigenvalue weighted by Gasteiger charge is -2.43. The molecule has 0 N–H and O–H groups in total. The molecule has 2 saturated heterocycles. The number of benzene rings is 1. The zero-order valence-corrected chi connectivity index (χ0v) is 14.4. The summed E-state index contributed by atoms with van der Waals surface area (Å²) in [5, 5.41) is 0. The van der Waals surface area contributed by atoms with Crippen LogP contribution in [-0.4, -0.2) is 48.2 Å². The van der Waals surface area contributed by atoms with Crippen molar-refractivity contribution in [2.45, 2.75) is 18.9 Å². The predicted octanol–water partition coefficient (Wildman–Crippen LogP) is 2.92. The number of pyridine rings is 1. The van der Waals surface area contributed by atoms with Gasteiger partial charge in [0, 0.05) is 31.5 Å². The molecule has 0 aliphatic carbocycles. The number of rotatable bonds is 4. The average molecular weight is 356 g/mol. The van der Waals surface area contributed by atoms with Gasteiger partial charge >= 0.3 is 0 Å². The van der Waals surface area contributed by atoms with E-state index in [-0.39, 0.29) is 29.9 Å². The van der Waals surface area contributed by atoms with E-state index >= 15 is 0 Å². The third-order valence-electron chi connectivity index (χ3n) is 5.30. The highest BCUT2D eigenvalue weighted by atomic mass is 19.1. The van der Waals surface area contributed by atoms with Crippen molar-refractivity contribution in [3.05, 3.63) is 60.0 Å². The molecule has 1 aromatic carbocycles. The van der Waals surface area contributed by atoms with Crippen LogP contribution in [0.3, 0.4) is 0 Å². The fourth-order valence-corrected chi connectivity index (χ4v) is 3.88. The lowest BCUT2D eigenvalue weighted by molar-refractivity contribution is -0.0337. The van der Waals surface area contributed by atoms with Gasteiger partial charge in [0.1, 0.15) is 0 Å². The highest BCUT2D eigenvalue weighted by Crippen LogP contribution is 2.41. The minimum absolute atomic E-state index is 0.000894. The van der Waals surface area contributed by atoms with E-state index in [4.69, 9.17) is 9.47 Å². The zero-order chi connectivity index (χ0) is 18.0. The molecule has 5 nitrogen and oxygen atoms in total. The summed E-state index contributed by atoms with van der Waals surface area (Å²) in [7, 11) is 0. The van der Waals surface area contributed by atoms with Crippen LogP contribution >= 0.6 is 0 Å². The Bertz CT molecular complexity index is 786. The van der Waals surface area contributed by atoms with Crippen LogP contribution in [0.25, 0.3) is 0 Å². The molecule has 6 heteroatoms. The number of carbonyl (C=O) groups excluding carboxylic acids is 1. The molecule has 136 valence electrons. The Kier molecular flexibility index (Phi) is 4.59. The second-order valence-corrected chi connectivity index (χ2v) is 6.93. The summed E-state index contributed by atoms with van der Waals surface area (Å²) in [6.07, 6.45) is 3.07. The van der Waals surface area contributed by atoms with Gasteiger partial charge in [-0.2, -0.15) is 0 Å². The highest BCUT2D eigenvalue weighted by Gasteiger charge is 2.49. The maximum atomic E-state index is 13.8.